The Hall–Kier alpha value is -4.17. The van der Waals surface area contributed by atoms with Crippen LogP contribution >= 0.6 is 0 Å². The number of amides is 3. The lowest BCUT2D eigenvalue weighted by Gasteiger charge is -2.39. The number of nitrogens with one attached hydrogen (secondary N) is 1. The average molecular weight is 518 g/mol. The summed E-state index contributed by atoms with van der Waals surface area (Å²) >= 11 is 0. The Balaban J connectivity index is 1.85. The molecule has 0 radical (unpaired) electrons. The summed E-state index contributed by atoms with van der Waals surface area (Å²) in [7, 11) is 4.31. The SMILES string of the molecule is COC(=O)C(OC)C(C)(C)N(C)C(=O)c1ccc(C(C)N(C(=O)Nc2ccccc2)c2ccccc2)cc1. The Kier molecular flexibility index (Phi) is 9.25. The van der Waals surface area contributed by atoms with Crippen molar-refractivity contribution in [1.82, 2.24) is 4.90 Å². The normalized spacial score (nSPS) is 12.7. The summed E-state index contributed by atoms with van der Waals surface area (Å²) in [6.07, 6.45) is -0.955. The number of esters is 1. The molecule has 2 unspecified atom stereocenters. The highest BCUT2D eigenvalue weighted by atomic mass is 16.6. The molecule has 8 nitrogen and oxygen atoms in total. The monoisotopic (exact) mass is 517 g/mol. The minimum absolute atomic E-state index is 0.273. The fourth-order valence-corrected chi connectivity index (χ4v) is 4.28. The van der Waals surface area contributed by atoms with E-state index in [0.717, 1.165) is 11.3 Å². The molecule has 8 heteroatoms. The van der Waals surface area contributed by atoms with Gasteiger partial charge in [0, 0.05) is 31.1 Å². The van der Waals surface area contributed by atoms with E-state index in [-0.39, 0.29) is 18.0 Å². The van der Waals surface area contributed by atoms with Crippen molar-refractivity contribution in [3.8, 4) is 0 Å². The topological polar surface area (TPSA) is 88.2 Å². The third kappa shape index (κ3) is 6.20. The van der Waals surface area contributed by atoms with Gasteiger partial charge in [0.05, 0.1) is 18.7 Å². The molecule has 3 rings (SSSR count). The summed E-state index contributed by atoms with van der Waals surface area (Å²) in [4.78, 5) is 42.0. The second-order valence-corrected chi connectivity index (χ2v) is 9.46. The van der Waals surface area contributed by atoms with Gasteiger partial charge in [-0.2, -0.15) is 0 Å². The van der Waals surface area contributed by atoms with E-state index in [1.807, 2.05) is 79.7 Å². The smallest absolute Gasteiger partial charge is 0.337 e. The molecule has 3 aromatic carbocycles. The summed E-state index contributed by atoms with van der Waals surface area (Å²) in [5.74, 6) is -0.835. The Bertz CT molecular complexity index is 1230. The number of urea groups is 1. The number of anilines is 2. The predicted octanol–water partition coefficient (Wildman–Crippen LogP) is 5.52. The first-order valence-corrected chi connectivity index (χ1v) is 12.3. The van der Waals surface area contributed by atoms with Crippen LogP contribution in [0.3, 0.4) is 0 Å². The number of carbonyl (C=O) groups excluding carboxylic acids is 3. The number of carbonyl (C=O) groups is 3. The molecule has 3 aromatic rings. The third-order valence-corrected chi connectivity index (χ3v) is 6.77. The van der Waals surface area contributed by atoms with E-state index in [9.17, 15) is 14.4 Å². The molecule has 0 aliphatic heterocycles. The molecule has 0 spiro atoms. The van der Waals surface area contributed by atoms with E-state index in [4.69, 9.17) is 9.47 Å². The first kappa shape index (κ1) is 28.4. The lowest BCUT2D eigenvalue weighted by atomic mass is 9.94. The highest BCUT2D eigenvalue weighted by molar-refractivity contribution is 6.02. The minimum Gasteiger partial charge on any atom is -0.467 e. The number of ether oxygens (including phenoxy) is 2. The second kappa shape index (κ2) is 12.4. The van der Waals surface area contributed by atoms with Crippen LogP contribution in [0.4, 0.5) is 16.2 Å². The summed E-state index contributed by atoms with van der Waals surface area (Å²) in [5, 5.41) is 2.96. The zero-order chi connectivity index (χ0) is 27.9. The molecule has 0 heterocycles. The standard InChI is InChI=1S/C30H35N3O5/c1-21(33(25-15-11-8-12-16-25)29(36)31-24-13-9-7-10-14-24)22-17-19-23(20-18-22)27(34)32(4)30(2,3)26(37-5)28(35)38-6/h7-21,26H,1-6H3,(H,31,36). The van der Waals surface area contributed by atoms with Crippen molar-refractivity contribution in [3.05, 3.63) is 96.1 Å². The quantitative estimate of drug-likeness (QED) is 0.377. The lowest BCUT2D eigenvalue weighted by molar-refractivity contribution is -0.159. The van der Waals surface area contributed by atoms with E-state index in [2.05, 4.69) is 5.32 Å². The number of benzene rings is 3. The first-order chi connectivity index (χ1) is 18.1. The van der Waals surface area contributed by atoms with Crippen LogP contribution in [0.15, 0.2) is 84.9 Å². The number of methoxy groups -OCH3 is 2. The van der Waals surface area contributed by atoms with Gasteiger partial charge in [0.25, 0.3) is 5.91 Å². The van der Waals surface area contributed by atoms with Crippen molar-refractivity contribution >= 4 is 29.3 Å². The predicted molar refractivity (Wildman–Crippen MR) is 148 cm³/mol. The molecule has 0 aromatic heterocycles. The van der Waals surface area contributed by atoms with E-state index in [1.54, 1.807) is 37.9 Å². The van der Waals surface area contributed by atoms with Crippen LogP contribution in [0, 0.1) is 0 Å². The Labute approximate surface area is 224 Å². The fraction of sp³-hybridized carbons (Fsp3) is 0.300. The summed E-state index contributed by atoms with van der Waals surface area (Å²) in [6, 6.07) is 25.2. The molecule has 0 fully saturated rings. The maximum atomic E-state index is 13.4. The molecule has 0 saturated heterocycles. The molecule has 3 amide bonds. The van der Waals surface area contributed by atoms with E-state index >= 15 is 0 Å². The Morgan fingerprint density at radius 1 is 0.842 bits per heavy atom. The van der Waals surface area contributed by atoms with Gasteiger partial charge in [0.15, 0.2) is 6.10 Å². The zero-order valence-electron chi connectivity index (χ0n) is 22.7. The van der Waals surface area contributed by atoms with Crippen LogP contribution in [0.5, 0.6) is 0 Å². The van der Waals surface area contributed by atoms with Crippen molar-refractivity contribution in [3.63, 3.8) is 0 Å². The average Bonchev–Trinajstić information content (AvgIpc) is 2.93. The lowest BCUT2D eigenvalue weighted by Crippen LogP contribution is -2.56. The molecule has 1 N–H and O–H groups in total. The first-order valence-electron chi connectivity index (χ1n) is 12.3. The maximum absolute atomic E-state index is 13.4. The van der Waals surface area contributed by atoms with Crippen LogP contribution in [-0.4, -0.2) is 55.7 Å². The van der Waals surface area contributed by atoms with Crippen LogP contribution in [0.1, 0.15) is 42.7 Å². The third-order valence-electron chi connectivity index (χ3n) is 6.77. The van der Waals surface area contributed by atoms with E-state index < -0.39 is 17.6 Å². The summed E-state index contributed by atoms with van der Waals surface area (Å²) in [5.41, 5.74) is 1.75. The van der Waals surface area contributed by atoms with Crippen LogP contribution in [-0.2, 0) is 14.3 Å². The van der Waals surface area contributed by atoms with Gasteiger partial charge in [-0.05, 0) is 62.7 Å². The second-order valence-electron chi connectivity index (χ2n) is 9.46. The van der Waals surface area contributed by atoms with Crippen molar-refractivity contribution in [2.45, 2.75) is 38.5 Å². The minimum atomic E-state index is -0.968. The molecular formula is C30H35N3O5. The molecule has 0 aliphatic carbocycles. The number of hydrogen-bond acceptors (Lipinski definition) is 5. The van der Waals surface area contributed by atoms with Gasteiger partial charge in [0.1, 0.15) is 0 Å². The molecule has 0 bridgehead atoms. The largest absolute Gasteiger partial charge is 0.467 e. The van der Waals surface area contributed by atoms with Gasteiger partial charge in [0.2, 0.25) is 0 Å². The molecule has 38 heavy (non-hydrogen) atoms. The summed E-state index contributed by atoms with van der Waals surface area (Å²) < 4.78 is 10.2. The number of hydrogen-bond donors (Lipinski definition) is 1. The number of para-hydroxylation sites is 2. The van der Waals surface area contributed by atoms with Gasteiger partial charge in [-0.1, -0.05) is 48.5 Å². The highest BCUT2D eigenvalue weighted by Crippen LogP contribution is 2.29. The van der Waals surface area contributed by atoms with E-state index in [1.165, 1.54) is 19.1 Å². The van der Waals surface area contributed by atoms with Crippen LogP contribution < -0.4 is 10.2 Å². The van der Waals surface area contributed by atoms with E-state index in [0.29, 0.717) is 11.3 Å². The van der Waals surface area contributed by atoms with Crippen LogP contribution in [0.25, 0.3) is 0 Å². The van der Waals surface area contributed by atoms with Crippen molar-refractivity contribution in [2.24, 2.45) is 0 Å². The van der Waals surface area contributed by atoms with Gasteiger partial charge >= 0.3 is 12.0 Å². The number of likely N-dealkylation sites (N-methyl/N-ethyl adjacent to an activating group) is 1. The summed E-state index contributed by atoms with van der Waals surface area (Å²) in [6.45, 7) is 5.42. The van der Waals surface area contributed by atoms with Gasteiger partial charge in [-0.3, -0.25) is 9.69 Å². The van der Waals surface area contributed by atoms with Crippen molar-refractivity contribution in [1.29, 1.82) is 0 Å². The van der Waals surface area contributed by atoms with Gasteiger partial charge in [-0.15, -0.1) is 0 Å². The van der Waals surface area contributed by atoms with Gasteiger partial charge < -0.3 is 19.7 Å². The fourth-order valence-electron chi connectivity index (χ4n) is 4.28. The molecule has 0 aliphatic rings. The molecule has 0 saturated carbocycles. The molecular weight excluding hydrogens is 482 g/mol. The number of nitrogens with zero attached hydrogens (tertiary/aromatic N) is 2. The highest BCUT2D eigenvalue weighted by Gasteiger charge is 2.42. The Morgan fingerprint density at radius 2 is 1.39 bits per heavy atom. The van der Waals surface area contributed by atoms with Gasteiger partial charge in [-0.25, -0.2) is 9.59 Å². The zero-order valence-corrected chi connectivity index (χ0v) is 22.7. The van der Waals surface area contributed by atoms with Crippen LogP contribution in [0.2, 0.25) is 0 Å². The van der Waals surface area contributed by atoms with Crippen molar-refractivity contribution in [2.75, 3.05) is 31.5 Å². The number of rotatable bonds is 9. The van der Waals surface area contributed by atoms with Crippen molar-refractivity contribution < 1.29 is 23.9 Å². The molecule has 2 atom stereocenters. The Morgan fingerprint density at radius 3 is 1.92 bits per heavy atom. The molecule has 200 valence electrons. The maximum Gasteiger partial charge on any atom is 0.337 e.